The van der Waals surface area contributed by atoms with Gasteiger partial charge in [-0.05, 0) is 60.3 Å². The van der Waals surface area contributed by atoms with Crippen molar-refractivity contribution in [1.82, 2.24) is 10.0 Å². The van der Waals surface area contributed by atoms with E-state index >= 15 is 0 Å². The molecule has 1 aromatic heterocycles. The molecule has 1 aliphatic carbocycles. The zero-order chi connectivity index (χ0) is 13.7. The van der Waals surface area contributed by atoms with Crippen molar-refractivity contribution >= 4 is 37.3 Å². The lowest BCUT2D eigenvalue weighted by molar-refractivity contribution is 0.573. The molecule has 4 nitrogen and oxygen atoms in total. The van der Waals surface area contributed by atoms with Crippen molar-refractivity contribution in [2.45, 2.75) is 38.3 Å². The van der Waals surface area contributed by atoms with Crippen LogP contribution >= 0.6 is 27.3 Å². The zero-order valence-corrected chi connectivity index (χ0v) is 13.9. The van der Waals surface area contributed by atoms with Gasteiger partial charge in [0.1, 0.15) is 0 Å². The topological polar surface area (TPSA) is 58.2 Å². The molecule has 0 atom stereocenters. The van der Waals surface area contributed by atoms with Crippen molar-refractivity contribution < 1.29 is 8.42 Å². The molecule has 108 valence electrons. The summed E-state index contributed by atoms with van der Waals surface area (Å²) in [7, 11) is -3.14. The summed E-state index contributed by atoms with van der Waals surface area (Å²) in [5.74, 6) is 0.214. The maximum absolute atomic E-state index is 11.8. The van der Waals surface area contributed by atoms with Gasteiger partial charge in [0.25, 0.3) is 0 Å². The first kappa shape index (κ1) is 15.4. The fourth-order valence-electron chi connectivity index (χ4n) is 1.71. The fourth-order valence-corrected chi connectivity index (χ4v) is 4.33. The van der Waals surface area contributed by atoms with Crippen LogP contribution in [0.4, 0.5) is 0 Å². The van der Waals surface area contributed by atoms with E-state index in [0.29, 0.717) is 19.0 Å². The Balaban J connectivity index is 1.60. The molecule has 0 saturated heterocycles. The van der Waals surface area contributed by atoms with Crippen molar-refractivity contribution in [1.29, 1.82) is 0 Å². The Bertz CT molecular complexity index is 498. The highest BCUT2D eigenvalue weighted by Crippen LogP contribution is 2.22. The third kappa shape index (κ3) is 6.35. The lowest BCUT2D eigenvalue weighted by Crippen LogP contribution is -2.26. The van der Waals surface area contributed by atoms with Gasteiger partial charge in [0.15, 0.2) is 0 Å². The van der Waals surface area contributed by atoms with Gasteiger partial charge in [-0.15, -0.1) is 11.3 Å². The minimum absolute atomic E-state index is 0.214. The summed E-state index contributed by atoms with van der Waals surface area (Å²) in [6.45, 7) is 1.32. The van der Waals surface area contributed by atoms with E-state index in [4.69, 9.17) is 0 Å². The molecule has 0 spiro atoms. The molecule has 0 radical (unpaired) electrons. The van der Waals surface area contributed by atoms with E-state index in [2.05, 4.69) is 26.0 Å². The highest BCUT2D eigenvalue weighted by Gasteiger charge is 2.19. The molecule has 1 fully saturated rings. The van der Waals surface area contributed by atoms with Crippen molar-refractivity contribution in [3.05, 3.63) is 20.8 Å². The lowest BCUT2D eigenvalue weighted by atomic mass is 10.3. The summed E-state index contributed by atoms with van der Waals surface area (Å²) < 4.78 is 27.2. The highest BCUT2D eigenvalue weighted by molar-refractivity contribution is 9.11. The minimum Gasteiger partial charge on any atom is -0.314 e. The normalized spacial score (nSPS) is 15.8. The van der Waals surface area contributed by atoms with Gasteiger partial charge >= 0.3 is 0 Å². The number of thiophene rings is 1. The SMILES string of the molecule is O=S(=O)(CCCCNC1CC1)NCc1ccc(Br)s1. The van der Waals surface area contributed by atoms with Crippen LogP contribution in [0.15, 0.2) is 15.9 Å². The first-order valence-corrected chi connectivity index (χ1v) is 9.76. The molecule has 0 aliphatic heterocycles. The summed E-state index contributed by atoms with van der Waals surface area (Å²) in [4.78, 5) is 1.02. The maximum atomic E-state index is 11.8. The van der Waals surface area contributed by atoms with Gasteiger partial charge in [-0.2, -0.15) is 0 Å². The Labute approximate surface area is 127 Å². The first-order valence-electron chi connectivity index (χ1n) is 6.50. The number of rotatable bonds is 9. The molecule has 0 unspecified atom stereocenters. The van der Waals surface area contributed by atoms with Crippen LogP contribution in [-0.4, -0.2) is 26.8 Å². The van der Waals surface area contributed by atoms with Gasteiger partial charge in [0.2, 0.25) is 10.0 Å². The summed E-state index contributed by atoms with van der Waals surface area (Å²) in [6.07, 6.45) is 4.18. The number of unbranched alkanes of at least 4 members (excludes halogenated alkanes) is 1. The van der Waals surface area contributed by atoms with Crippen LogP contribution in [0.5, 0.6) is 0 Å². The molecule has 2 rings (SSSR count). The number of halogens is 1. The molecule has 1 aromatic rings. The quantitative estimate of drug-likeness (QED) is 0.660. The van der Waals surface area contributed by atoms with Gasteiger partial charge < -0.3 is 5.32 Å². The molecular weight excluding hydrogens is 348 g/mol. The average molecular weight is 367 g/mol. The predicted molar refractivity (Wildman–Crippen MR) is 82.9 cm³/mol. The van der Waals surface area contributed by atoms with Crippen LogP contribution < -0.4 is 10.0 Å². The van der Waals surface area contributed by atoms with Crippen molar-refractivity contribution in [2.75, 3.05) is 12.3 Å². The van der Waals surface area contributed by atoms with E-state index in [1.54, 1.807) is 11.3 Å². The van der Waals surface area contributed by atoms with Crippen LogP contribution in [0.3, 0.4) is 0 Å². The van der Waals surface area contributed by atoms with Gasteiger partial charge in [-0.25, -0.2) is 13.1 Å². The molecule has 1 aliphatic rings. The van der Waals surface area contributed by atoms with Gasteiger partial charge in [-0.1, -0.05) is 0 Å². The second-order valence-electron chi connectivity index (χ2n) is 4.78. The number of hydrogen-bond acceptors (Lipinski definition) is 4. The maximum Gasteiger partial charge on any atom is 0.211 e. The van der Waals surface area contributed by atoms with E-state index in [9.17, 15) is 8.42 Å². The molecule has 7 heteroatoms. The van der Waals surface area contributed by atoms with Crippen LogP contribution in [0.2, 0.25) is 0 Å². The molecule has 0 aromatic carbocycles. The monoisotopic (exact) mass is 366 g/mol. The molecule has 1 heterocycles. The standard InChI is InChI=1S/C12H19BrN2O2S2/c13-12-6-5-11(18-12)9-15-19(16,17)8-2-1-7-14-10-3-4-10/h5-6,10,14-15H,1-4,7-9H2. The average Bonchev–Trinajstić information content (AvgIpc) is 3.08. The third-order valence-corrected chi connectivity index (χ3v) is 5.98. The van der Waals surface area contributed by atoms with Crippen molar-refractivity contribution in [2.24, 2.45) is 0 Å². The van der Waals surface area contributed by atoms with Crippen molar-refractivity contribution in [3.63, 3.8) is 0 Å². The van der Waals surface area contributed by atoms with Crippen LogP contribution in [0.1, 0.15) is 30.6 Å². The number of nitrogens with one attached hydrogen (secondary N) is 2. The summed E-state index contributed by atoms with van der Waals surface area (Å²) in [5, 5.41) is 3.38. The van der Waals surface area contributed by atoms with Gasteiger partial charge in [0.05, 0.1) is 9.54 Å². The predicted octanol–water partition coefficient (Wildman–Crippen LogP) is 2.46. The largest absolute Gasteiger partial charge is 0.314 e. The van der Waals surface area contributed by atoms with E-state index < -0.39 is 10.0 Å². The third-order valence-electron chi connectivity index (χ3n) is 2.95. The Hall–Kier alpha value is 0.0500. The molecule has 0 amide bonds. The summed E-state index contributed by atoms with van der Waals surface area (Å²) in [6, 6.07) is 4.56. The van der Waals surface area contributed by atoms with Crippen LogP contribution in [-0.2, 0) is 16.6 Å². The Kier molecular flexibility index (Phi) is 5.83. The van der Waals surface area contributed by atoms with Crippen LogP contribution in [0, 0.1) is 0 Å². The van der Waals surface area contributed by atoms with E-state index in [1.807, 2.05) is 12.1 Å². The summed E-state index contributed by atoms with van der Waals surface area (Å²) in [5.41, 5.74) is 0. The lowest BCUT2D eigenvalue weighted by Gasteiger charge is -2.06. The van der Waals surface area contributed by atoms with Gasteiger partial charge in [0, 0.05) is 17.5 Å². The van der Waals surface area contributed by atoms with E-state index in [0.717, 1.165) is 21.6 Å². The first-order chi connectivity index (χ1) is 9.05. The zero-order valence-electron chi connectivity index (χ0n) is 10.7. The minimum atomic E-state index is -3.14. The van der Waals surface area contributed by atoms with E-state index in [-0.39, 0.29) is 5.75 Å². The number of hydrogen-bond donors (Lipinski definition) is 2. The Morgan fingerprint density at radius 3 is 2.74 bits per heavy atom. The molecule has 1 saturated carbocycles. The van der Waals surface area contributed by atoms with Crippen molar-refractivity contribution in [3.8, 4) is 0 Å². The van der Waals surface area contributed by atoms with Crippen LogP contribution in [0.25, 0.3) is 0 Å². The Morgan fingerprint density at radius 2 is 2.11 bits per heavy atom. The number of sulfonamides is 1. The van der Waals surface area contributed by atoms with E-state index in [1.165, 1.54) is 12.8 Å². The molecule has 2 N–H and O–H groups in total. The summed E-state index contributed by atoms with van der Waals surface area (Å²) >= 11 is 4.91. The fraction of sp³-hybridized carbons (Fsp3) is 0.667. The second-order valence-corrected chi connectivity index (χ2v) is 9.26. The highest BCUT2D eigenvalue weighted by atomic mass is 79.9. The smallest absolute Gasteiger partial charge is 0.211 e. The Morgan fingerprint density at radius 1 is 1.32 bits per heavy atom. The van der Waals surface area contributed by atoms with Gasteiger partial charge in [-0.3, -0.25) is 0 Å². The molecule has 0 bridgehead atoms. The molecular formula is C12H19BrN2O2S2. The second kappa shape index (κ2) is 7.17. The molecule has 19 heavy (non-hydrogen) atoms.